The van der Waals surface area contributed by atoms with E-state index < -0.39 is 8.32 Å². The van der Waals surface area contributed by atoms with E-state index in [9.17, 15) is 0 Å². The molecule has 2 atom stereocenters. The average molecular weight is 328 g/mol. The molecule has 0 saturated heterocycles. The van der Waals surface area contributed by atoms with Crippen LogP contribution in [0.15, 0.2) is 0 Å². The molecule has 14 heavy (non-hydrogen) atoms. The molecule has 0 N–H and O–H groups in total. The topological polar surface area (TPSA) is 9.23 Å². The lowest BCUT2D eigenvalue weighted by atomic mass is 10.2. The smallest absolute Gasteiger partial charge is 0.192 e. The van der Waals surface area contributed by atoms with Gasteiger partial charge in [0.1, 0.15) is 0 Å². The monoisotopic (exact) mass is 328 g/mol. The predicted octanol–water partition coefficient (Wildman–Crippen LogP) is 4.61. The first-order valence-electron chi connectivity index (χ1n) is 5.38. The first kappa shape index (κ1) is 14.9. The van der Waals surface area contributed by atoms with Crippen LogP contribution in [0.5, 0.6) is 0 Å². The normalized spacial score (nSPS) is 18.0. The fraction of sp³-hybridized carbons (Fsp3) is 1.00. The lowest BCUT2D eigenvalue weighted by Gasteiger charge is -2.38. The molecule has 0 aliphatic heterocycles. The second kappa shape index (κ2) is 5.30. The molecule has 0 spiro atoms. The van der Waals surface area contributed by atoms with Gasteiger partial charge < -0.3 is 4.43 Å². The molecule has 0 aliphatic carbocycles. The van der Waals surface area contributed by atoms with Gasteiger partial charge in [0.25, 0.3) is 0 Å². The maximum Gasteiger partial charge on any atom is 0.192 e. The summed E-state index contributed by atoms with van der Waals surface area (Å²) in [6.07, 6.45) is 1.57. The second-order valence-electron chi connectivity index (χ2n) is 5.71. The van der Waals surface area contributed by atoms with Crippen LogP contribution >= 0.6 is 22.6 Å². The van der Waals surface area contributed by atoms with Gasteiger partial charge in [-0.05, 0) is 31.5 Å². The van der Waals surface area contributed by atoms with Crippen molar-refractivity contribution < 1.29 is 4.43 Å². The Morgan fingerprint density at radius 2 is 1.64 bits per heavy atom. The molecule has 86 valence electrons. The van der Waals surface area contributed by atoms with Gasteiger partial charge in [0, 0.05) is 10.0 Å². The van der Waals surface area contributed by atoms with Crippen LogP contribution < -0.4 is 0 Å². The van der Waals surface area contributed by atoms with Crippen molar-refractivity contribution in [3.05, 3.63) is 0 Å². The van der Waals surface area contributed by atoms with Gasteiger partial charge in [-0.15, -0.1) is 0 Å². The first-order chi connectivity index (χ1) is 6.06. The highest BCUT2D eigenvalue weighted by molar-refractivity contribution is 14.1. The van der Waals surface area contributed by atoms with E-state index in [0.717, 1.165) is 6.42 Å². The minimum atomic E-state index is -1.54. The summed E-state index contributed by atoms with van der Waals surface area (Å²) in [6, 6.07) is 0. The van der Waals surface area contributed by atoms with Gasteiger partial charge in [0.05, 0.1) is 0 Å². The Labute approximate surface area is 104 Å². The minimum absolute atomic E-state index is 0.329. The number of halogens is 1. The lowest BCUT2D eigenvalue weighted by molar-refractivity contribution is 0.191. The van der Waals surface area contributed by atoms with E-state index in [1.807, 2.05) is 0 Å². The number of alkyl halides is 1. The van der Waals surface area contributed by atoms with Crippen LogP contribution in [-0.2, 0) is 4.43 Å². The summed E-state index contributed by atoms with van der Waals surface area (Å²) in [5.41, 5.74) is 0. The van der Waals surface area contributed by atoms with E-state index in [-0.39, 0.29) is 0 Å². The Bertz CT molecular complexity index is 173. The Morgan fingerprint density at radius 1 is 1.21 bits per heavy atom. The molecular weight excluding hydrogens is 303 g/mol. The Hall–Kier alpha value is 0.907. The van der Waals surface area contributed by atoms with Gasteiger partial charge in [0.15, 0.2) is 8.32 Å². The molecule has 3 heteroatoms. The maximum atomic E-state index is 6.25. The zero-order valence-electron chi connectivity index (χ0n) is 10.6. The van der Waals surface area contributed by atoms with E-state index in [0.29, 0.717) is 15.1 Å². The van der Waals surface area contributed by atoms with Gasteiger partial charge in [0.2, 0.25) is 0 Å². The third-order valence-corrected chi connectivity index (χ3v) is 8.07. The van der Waals surface area contributed by atoms with Crippen LogP contribution in [-0.4, -0.2) is 18.3 Å². The van der Waals surface area contributed by atoms with Crippen molar-refractivity contribution >= 4 is 30.9 Å². The number of rotatable bonds is 4. The van der Waals surface area contributed by atoms with Crippen LogP contribution in [0.2, 0.25) is 18.1 Å². The second-order valence-corrected chi connectivity index (χ2v) is 12.6. The molecule has 1 nitrogen and oxygen atoms in total. The lowest BCUT2D eigenvalue weighted by Crippen LogP contribution is -2.43. The van der Waals surface area contributed by atoms with E-state index in [2.05, 4.69) is 70.3 Å². The molecule has 0 aromatic rings. The molecule has 0 aromatic heterocycles. The van der Waals surface area contributed by atoms with Crippen molar-refractivity contribution in [1.82, 2.24) is 0 Å². The summed E-state index contributed by atoms with van der Waals surface area (Å²) < 4.78 is 6.95. The Balaban J connectivity index is 4.22. The fourth-order valence-corrected chi connectivity index (χ4v) is 3.36. The van der Waals surface area contributed by atoms with E-state index in [1.165, 1.54) is 0 Å². The van der Waals surface area contributed by atoms with Gasteiger partial charge in [-0.2, -0.15) is 0 Å². The van der Waals surface area contributed by atoms with Crippen LogP contribution in [0.25, 0.3) is 0 Å². The van der Waals surface area contributed by atoms with E-state index in [1.54, 1.807) is 0 Å². The molecule has 0 rings (SSSR count). The van der Waals surface area contributed by atoms with Crippen molar-refractivity contribution in [1.29, 1.82) is 0 Å². The van der Waals surface area contributed by atoms with Crippen molar-refractivity contribution in [2.75, 3.05) is 0 Å². The van der Waals surface area contributed by atoms with Crippen LogP contribution in [0.4, 0.5) is 0 Å². The molecule has 0 saturated carbocycles. The van der Waals surface area contributed by atoms with Crippen molar-refractivity contribution in [2.24, 2.45) is 0 Å². The van der Waals surface area contributed by atoms with Crippen LogP contribution in [0, 0.1) is 0 Å². The summed E-state index contributed by atoms with van der Waals surface area (Å²) in [7, 11) is -1.54. The first-order valence-corrected chi connectivity index (χ1v) is 9.53. The predicted molar refractivity (Wildman–Crippen MR) is 75.8 cm³/mol. The Kier molecular flexibility index (Phi) is 5.64. The molecule has 0 heterocycles. The SMILES string of the molecule is C[C@@H](I)C[C@H](C)O[Si](C)(C)C(C)(C)C. The number of hydrogen-bond acceptors (Lipinski definition) is 1. The minimum Gasteiger partial charge on any atom is -0.414 e. The summed E-state index contributed by atoms with van der Waals surface area (Å²) >= 11 is 2.47. The van der Waals surface area contributed by atoms with Crippen LogP contribution in [0.3, 0.4) is 0 Å². The molecule has 0 aliphatic rings. The fourth-order valence-electron chi connectivity index (χ4n) is 1.19. The van der Waals surface area contributed by atoms with Gasteiger partial charge in [-0.1, -0.05) is 50.3 Å². The maximum absolute atomic E-state index is 6.25. The van der Waals surface area contributed by atoms with E-state index >= 15 is 0 Å². The molecule has 0 unspecified atom stereocenters. The van der Waals surface area contributed by atoms with Gasteiger partial charge >= 0.3 is 0 Å². The standard InChI is InChI=1S/C11H25IOSi/c1-9(12)8-10(2)13-14(6,7)11(3,4)5/h9-10H,8H2,1-7H3/t9-,10+/m1/s1. The highest BCUT2D eigenvalue weighted by Crippen LogP contribution is 2.37. The molecule has 0 fully saturated rings. The van der Waals surface area contributed by atoms with Crippen molar-refractivity contribution in [3.63, 3.8) is 0 Å². The molecule has 0 radical (unpaired) electrons. The average Bonchev–Trinajstić information content (AvgIpc) is 1.79. The summed E-state index contributed by atoms with van der Waals surface area (Å²) in [6.45, 7) is 16.0. The highest BCUT2D eigenvalue weighted by atomic mass is 127. The highest BCUT2D eigenvalue weighted by Gasteiger charge is 2.38. The molecular formula is C11H25IOSi. The van der Waals surface area contributed by atoms with Gasteiger partial charge in [-0.3, -0.25) is 0 Å². The third-order valence-electron chi connectivity index (χ3n) is 2.96. The van der Waals surface area contributed by atoms with Crippen molar-refractivity contribution in [2.45, 2.75) is 69.2 Å². The molecule has 0 aromatic carbocycles. The van der Waals surface area contributed by atoms with Crippen LogP contribution in [0.1, 0.15) is 41.0 Å². The zero-order valence-corrected chi connectivity index (χ0v) is 13.8. The molecule has 0 bridgehead atoms. The largest absolute Gasteiger partial charge is 0.414 e. The Morgan fingerprint density at radius 3 is 1.93 bits per heavy atom. The zero-order chi connectivity index (χ0) is 11.6. The quantitative estimate of drug-likeness (QED) is 0.416. The number of hydrogen-bond donors (Lipinski definition) is 0. The molecule has 0 amide bonds. The summed E-state index contributed by atoms with van der Waals surface area (Å²) in [5.74, 6) is 0. The van der Waals surface area contributed by atoms with Gasteiger partial charge in [-0.25, -0.2) is 0 Å². The van der Waals surface area contributed by atoms with E-state index in [4.69, 9.17) is 4.43 Å². The summed E-state index contributed by atoms with van der Waals surface area (Å²) in [4.78, 5) is 0. The van der Waals surface area contributed by atoms with Crippen molar-refractivity contribution in [3.8, 4) is 0 Å². The third kappa shape index (κ3) is 5.12. The summed E-state index contributed by atoms with van der Waals surface area (Å²) in [5, 5.41) is 0.329.